The molecule has 0 aromatic carbocycles. The summed E-state index contributed by atoms with van der Waals surface area (Å²) in [5, 5.41) is 10.6. The van der Waals surface area contributed by atoms with Gasteiger partial charge in [-0.2, -0.15) is 5.10 Å². The number of rotatable bonds is 4. The third-order valence-corrected chi connectivity index (χ3v) is 4.19. The highest BCUT2D eigenvalue weighted by Gasteiger charge is 2.19. The highest BCUT2D eigenvalue weighted by atomic mass is 35.5. The Bertz CT molecular complexity index is 537. The second-order valence-corrected chi connectivity index (χ2v) is 5.93. The first-order valence-corrected chi connectivity index (χ1v) is 8.03. The summed E-state index contributed by atoms with van der Waals surface area (Å²) in [6.45, 7) is 3.89. The molecular formula is C15H24ClN5O2. The zero-order valence-electron chi connectivity index (χ0n) is 13.2. The number of hydrogen-bond acceptors (Lipinski definition) is 4. The van der Waals surface area contributed by atoms with Crippen molar-refractivity contribution in [3.8, 4) is 0 Å². The van der Waals surface area contributed by atoms with E-state index in [9.17, 15) is 9.59 Å². The zero-order valence-corrected chi connectivity index (χ0v) is 14.0. The largest absolute Gasteiger partial charge is 0.349 e. The maximum atomic E-state index is 12.0. The van der Waals surface area contributed by atoms with Crippen LogP contribution in [0.3, 0.4) is 0 Å². The van der Waals surface area contributed by atoms with Crippen LogP contribution in [0, 0.1) is 0 Å². The lowest BCUT2D eigenvalue weighted by Gasteiger charge is -2.19. The zero-order chi connectivity index (χ0) is 15.4. The van der Waals surface area contributed by atoms with Gasteiger partial charge in [0, 0.05) is 26.1 Å². The Kier molecular flexibility index (Phi) is 6.41. The van der Waals surface area contributed by atoms with Crippen LogP contribution < -0.4 is 10.6 Å². The van der Waals surface area contributed by atoms with Crippen LogP contribution in [0.4, 0.5) is 0 Å². The number of carbonyl (C=O) groups is 2. The van der Waals surface area contributed by atoms with E-state index in [0.717, 1.165) is 50.3 Å². The van der Waals surface area contributed by atoms with Crippen molar-refractivity contribution in [1.29, 1.82) is 0 Å². The summed E-state index contributed by atoms with van der Waals surface area (Å²) in [5.41, 5.74) is 2.02. The fourth-order valence-electron chi connectivity index (χ4n) is 2.96. The standard InChI is InChI=1S/C15H23N5O2.ClH/c21-14(11-19-6-3-1-2-4-15(19)22)17-9-12-8-13-10-16-5-7-20(13)18-12;/h8,16H,1-7,9-11H2,(H,17,21);1H. The molecule has 3 rings (SSSR count). The third-order valence-electron chi connectivity index (χ3n) is 4.19. The Morgan fingerprint density at radius 1 is 1.30 bits per heavy atom. The molecule has 1 aromatic heterocycles. The maximum Gasteiger partial charge on any atom is 0.239 e. The summed E-state index contributed by atoms with van der Waals surface area (Å²) < 4.78 is 1.98. The first kappa shape index (κ1) is 17.7. The number of nitrogens with one attached hydrogen (secondary N) is 2. The molecule has 0 atom stereocenters. The highest BCUT2D eigenvalue weighted by Crippen LogP contribution is 2.11. The summed E-state index contributed by atoms with van der Waals surface area (Å²) in [6, 6.07) is 2.02. The number of hydrogen-bond donors (Lipinski definition) is 2. The minimum atomic E-state index is -0.112. The molecule has 0 aliphatic carbocycles. The van der Waals surface area contributed by atoms with E-state index in [4.69, 9.17) is 0 Å². The predicted molar refractivity (Wildman–Crippen MR) is 88.1 cm³/mol. The molecule has 7 nitrogen and oxygen atoms in total. The topological polar surface area (TPSA) is 79.3 Å². The van der Waals surface area contributed by atoms with Gasteiger partial charge in [-0.1, -0.05) is 6.42 Å². The van der Waals surface area contributed by atoms with Crippen molar-refractivity contribution in [2.45, 2.75) is 45.3 Å². The Balaban J connectivity index is 0.00000192. The Morgan fingerprint density at radius 2 is 2.17 bits per heavy atom. The number of likely N-dealkylation sites (tertiary alicyclic amines) is 1. The molecule has 23 heavy (non-hydrogen) atoms. The van der Waals surface area contributed by atoms with Crippen LogP contribution in [0.1, 0.15) is 37.1 Å². The van der Waals surface area contributed by atoms with Gasteiger partial charge in [0.05, 0.1) is 31.0 Å². The summed E-state index contributed by atoms with van der Waals surface area (Å²) in [4.78, 5) is 25.6. The van der Waals surface area contributed by atoms with Gasteiger partial charge in [-0.25, -0.2) is 0 Å². The average molecular weight is 342 g/mol. The molecule has 2 N–H and O–H groups in total. The normalized spacial score (nSPS) is 17.9. The van der Waals surface area contributed by atoms with Crippen molar-refractivity contribution >= 4 is 24.2 Å². The fourth-order valence-corrected chi connectivity index (χ4v) is 2.96. The summed E-state index contributed by atoms with van der Waals surface area (Å²) in [6.07, 6.45) is 3.55. The molecule has 0 bridgehead atoms. The number of nitrogens with zero attached hydrogens (tertiary/aromatic N) is 3. The van der Waals surface area contributed by atoms with Crippen LogP contribution in [-0.4, -0.2) is 46.1 Å². The molecule has 0 radical (unpaired) electrons. The van der Waals surface area contributed by atoms with Crippen LogP contribution in [-0.2, 0) is 29.2 Å². The molecule has 1 saturated heterocycles. The van der Waals surface area contributed by atoms with E-state index in [2.05, 4.69) is 15.7 Å². The average Bonchev–Trinajstić information content (AvgIpc) is 2.83. The molecule has 3 heterocycles. The summed E-state index contributed by atoms with van der Waals surface area (Å²) >= 11 is 0. The summed E-state index contributed by atoms with van der Waals surface area (Å²) in [5.74, 6) is -0.0180. The van der Waals surface area contributed by atoms with Gasteiger partial charge in [0.2, 0.25) is 11.8 Å². The smallest absolute Gasteiger partial charge is 0.239 e. The van der Waals surface area contributed by atoms with E-state index >= 15 is 0 Å². The highest BCUT2D eigenvalue weighted by molar-refractivity contribution is 5.85. The molecule has 0 spiro atoms. The molecule has 0 saturated carbocycles. The van der Waals surface area contributed by atoms with E-state index in [-0.39, 0.29) is 30.8 Å². The number of fused-ring (bicyclic) bond motifs is 1. The van der Waals surface area contributed by atoms with Gasteiger partial charge in [-0.05, 0) is 18.9 Å². The molecule has 8 heteroatoms. The van der Waals surface area contributed by atoms with Crippen molar-refractivity contribution in [2.75, 3.05) is 19.6 Å². The first-order valence-electron chi connectivity index (χ1n) is 8.03. The van der Waals surface area contributed by atoms with E-state index in [0.29, 0.717) is 19.5 Å². The Labute approximate surface area is 142 Å². The maximum absolute atomic E-state index is 12.0. The minimum absolute atomic E-state index is 0. The van der Waals surface area contributed by atoms with Gasteiger partial charge in [-0.15, -0.1) is 12.4 Å². The second kappa shape index (κ2) is 8.31. The fraction of sp³-hybridized carbons (Fsp3) is 0.667. The Morgan fingerprint density at radius 3 is 3.00 bits per heavy atom. The number of aromatic nitrogens is 2. The van der Waals surface area contributed by atoms with Crippen LogP contribution in [0.15, 0.2) is 6.07 Å². The molecule has 0 unspecified atom stereocenters. The number of halogens is 1. The SMILES string of the molecule is Cl.O=C(CN1CCCCCC1=O)NCc1cc2n(n1)CCNC2. The lowest BCUT2D eigenvalue weighted by Crippen LogP contribution is -2.40. The predicted octanol–water partition coefficient (Wildman–Crippen LogP) is 0.427. The molecular weight excluding hydrogens is 318 g/mol. The van der Waals surface area contributed by atoms with Gasteiger partial charge < -0.3 is 15.5 Å². The molecule has 1 fully saturated rings. The van der Waals surface area contributed by atoms with Crippen molar-refractivity contribution in [1.82, 2.24) is 25.3 Å². The van der Waals surface area contributed by atoms with E-state index in [1.807, 2.05) is 10.7 Å². The van der Waals surface area contributed by atoms with E-state index in [1.165, 1.54) is 0 Å². The van der Waals surface area contributed by atoms with Gasteiger partial charge in [-0.3, -0.25) is 14.3 Å². The first-order chi connectivity index (χ1) is 10.7. The lowest BCUT2D eigenvalue weighted by atomic mass is 10.2. The summed E-state index contributed by atoms with van der Waals surface area (Å²) in [7, 11) is 0. The van der Waals surface area contributed by atoms with E-state index < -0.39 is 0 Å². The molecule has 2 amide bonds. The Hall–Kier alpha value is -1.60. The third kappa shape index (κ3) is 4.68. The number of carbonyl (C=O) groups excluding carboxylic acids is 2. The van der Waals surface area contributed by atoms with Crippen LogP contribution in [0.5, 0.6) is 0 Å². The van der Waals surface area contributed by atoms with Gasteiger partial charge in [0.25, 0.3) is 0 Å². The number of amides is 2. The quantitative estimate of drug-likeness (QED) is 0.832. The minimum Gasteiger partial charge on any atom is -0.349 e. The van der Waals surface area contributed by atoms with Gasteiger partial charge in [0.15, 0.2) is 0 Å². The van der Waals surface area contributed by atoms with E-state index in [1.54, 1.807) is 4.90 Å². The molecule has 2 aliphatic heterocycles. The molecule has 1 aromatic rings. The molecule has 2 aliphatic rings. The van der Waals surface area contributed by atoms with Crippen molar-refractivity contribution in [3.63, 3.8) is 0 Å². The monoisotopic (exact) mass is 341 g/mol. The lowest BCUT2D eigenvalue weighted by molar-refractivity contribution is -0.135. The van der Waals surface area contributed by atoms with Crippen molar-refractivity contribution < 1.29 is 9.59 Å². The van der Waals surface area contributed by atoms with Gasteiger partial charge in [0.1, 0.15) is 0 Å². The second-order valence-electron chi connectivity index (χ2n) is 5.93. The van der Waals surface area contributed by atoms with Crippen molar-refractivity contribution in [3.05, 3.63) is 17.5 Å². The van der Waals surface area contributed by atoms with Crippen LogP contribution >= 0.6 is 12.4 Å². The van der Waals surface area contributed by atoms with Crippen LogP contribution in [0.2, 0.25) is 0 Å². The van der Waals surface area contributed by atoms with Crippen LogP contribution in [0.25, 0.3) is 0 Å². The molecule has 128 valence electrons. The van der Waals surface area contributed by atoms with Crippen molar-refractivity contribution in [2.24, 2.45) is 0 Å². The van der Waals surface area contributed by atoms with Gasteiger partial charge >= 0.3 is 0 Å².